The SMILES string of the molecule is CCc1ccc(Cn2cccc(C(=O)Nc3ccc(C(N)=O)cc3)c2=O)cc1. The highest BCUT2D eigenvalue weighted by Crippen LogP contribution is 2.11. The molecule has 0 bridgehead atoms. The van der Waals surface area contributed by atoms with Crippen molar-refractivity contribution in [3.05, 3.63) is 99.5 Å². The number of anilines is 1. The Balaban J connectivity index is 1.78. The molecule has 0 aliphatic carbocycles. The maximum Gasteiger partial charge on any atom is 0.263 e. The number of nitrogens with two attached hydrogens (primary N) is 1. The van der Waals surface area contributed by atoms with Gasteiger partial charge in [-0.2, -0.15) is 0 Å². The van der Waals surface area contributed by atoms with Crippen LogP contribution in [0, 0.1) is 0 Å². The average Bonchev–Trinajstić information content (AvgIpc) is 2.70. The molecule has 28 heavy (non-hydrogen) atoms. The molecule has 1 aromatic heterocycles. The Labute approximate surface area is 162 Å². The van der Waals surface area contributed by atoms with Gasteiger partial charge in [0.05, 0.1) is 6.54 Å². The molecule has 6 heteroatoms. The van der Waals surface area contributed by atoms with E-state index in [1.165, 1.54) is 28.3 Å². The Hall–Kier alpha value is -3.67. The molecule has 2 aromatic carbocycles. The molecular weight excluding hydrogens is 354 g/mol. The van der Waals surface area contributed by atoms with Gasteiger partial charge in [0.25, 0.3) is 11.5 Å². The second-order valence-electron chi connectivity index (χ2n) is 6.42. The van der Waals surface area contributed by atoms with Crippen molar-refractivity contribution < 1.29 is 9.59 Å². The van der Waals surface area contributed by atoms with Crippen molar-refractivity contribution in [3.8, 4) is 0 Å². The Bertz CT molecular complexity index is 1050. The number of aromatic nitrogens is 1. The maximum atomic E-state index is 12.7. The molecule has 3 aromatic rings. The minimum Gasteiger partial charge on any atom is -0.366 e. The number of primary amides is 1. The van der Waals surface area contributed by atoms with Gasteiger partial charge in [0.2, 0.25) is 5.91 Å². The lowest BCUT2D eigenvalue weighted by Crippen LogP contribution is -2.29. The summed E-state index contributed by atoms with van der Waals surface area (Å²) >= 11 is 0. The van der Waals surface area contributed by atoms with E-state index in [2.05, 4.69) is 12.2 Å². The molecule has 0 atom stereocenters. The minimum atomic E-state index is -0.546. The summed E-state index contributed by atoms with van der Waals surface area (Å²) in [7, 11) is 0. The van der Waals surface area contributed by atoms with Crippen LogP contribution < -0.4 is 16.6 Å². The quantitative estimate of drug-likeness (QED) is 0.694. The number of amides is 2. The normalized spacial score (nSPS) is 10.5. The number of rotatable bonds is 6. The average molecular weight is 375 g/mol. The number of pyridine rings is 1. The molecule has 3 N–H and O–H groups in total. The zero-order chi connectivity index (χ0) is 20.1. The summed E-state index contributed by atoms with van der Waals surface area (Å²) in [5.41, 5.74) is 7.91. The highest BCUT2D eigenvalue weighted by molar-refractivity contribution is 6.04. The minimum absolute atomic E-state index is 0.0478. The molecule has 0 saturated heterocycles. The van der Waals surface area contributed by atoms with Crippen molar-refractivity contribution in [1.82, 2.24) is 4.57 Å². The maximum absolute atomic E-state index is 12.7. The van der Waals surface area contributed by atoms with Crippen LogP contribution in [0.4, 0.5) is 5.69 Å². The number of nitrogens with zero attached hydrogens (tertiary/aromatic N) is 1. The van der Waals surface area contributed by atoms with Gasteiger partial charge in [-0.15, -0.1) is 0 Å². The van der Waals surface area contributed by atoms with Crippen LogP contribution in [-0.4, -0.2) is 16.4 Å². The first kappa shape index (κ1) is 19.1. The molecule has 1 heterocycles. The summed E-state index contributed by atoms with van der Waals surface area (Å²) in [6, 6.07) is 17.4. The van der Waals surface area contributed by atoms with Crippen LogP contribution in [0.15, 0.2) is 71.7 Å². The van der Waals surface area contributed by atoms with E-state index in [1.54, 1.807) is 24.4 Å². The van der Waals surface area contributed by atoms with Crippen molar-refractivity contribution in [2.75, 3.05) is 5.32 Å². The molecule has 0 saturated carbocycles. The number of carbonyl (C=O) groups excluding carboxylic acids is 2. The predicted molar refractivity (Wildman–Crippen MR) is 109 cm³/mol. The Morgan fingerprint density at radius 1 is 0.964 bits per heavy atom. The zero-order valence-electron chi connectivity index (χ0n) is 15.5. The van der Waals surface area contributed by atoms with E-state index in [4.69, 9.17) is 5.73 Å². The van der Waals surface area contributed by atoms with E-state index >= 15 is 0 Å². The third kappa shape index (κ3) is 4.35. The molecular formula is C22H21N3O3. The van der Waals surface area contributed by atoms with E-state index in [-0.39, 0.29) is 11.1 Å². The van der Waals surface area contributed by atoms with E-state index in [1.807, 2.05) is 24.3 Å². The van der Waals surface area contributed by atoms with Gasteiger partial charge in [0, 0.05) is 17.4 Å². The van der Waals surface area contributed by atoms with Gasteiger partial charge in [-0.05, 0) is 53.9 Å². The first-order chi connectivity index (χ1) is 13.5. The monoisotopic (exact) mass is 375 g/mol. The van der Waals surface area contributed by atoms with E-state index in [0.29, 0.717) is 17.8 Å². The first-order valence-corrected chi connectivity index (χ1v) is 8.96. The van der Waals surface area contributed by atoms with Gasteiger partial charge < -0.3 is 15.6 Å². The second kappa shape index (κ2) is 8.35. The lowest BCUT2D eigenvalue weighted by atomic mass is 10.1. The molecule has 0 radical (unpaired) electrons. The van der Waals surface area contributed by atoms with E-state index in [9.17, 15) is 14.4 Å². The summed E-state index contributed by atoms with van der Waals surface area (Å²) < 4.78 is 1.51. The lowest BCUT2D eigenvalue weighted by molar-refractivity contribution is 0.0998. The molecule has 0 aliphatic rings. The van der Waals surface area contributed by atoms with Gasteiger partial charge in [-0.3, -0.25) is 14.4 Å². The fourth-order valence-corrected chi connectivity index (χ4v) is 2.83. The van der Waals surface area contributed by atoms with Crippen molar-refractivity contribution in [2.45, 2.75) is 19.9 Å². The summed E-state index contributed by atoms with van der Waals surface area (Å²) in [6.45, 7) is 2.47. The smallest absolute Gasteiger partial charge is 0.263 e. The second-order valence-corrected chi connectivity index (χ2v) is 6.42. The number of nitrogens with one attached hydrogen (secondary N) is 1. The van der Waals surface area contributed by atoms with Crippen LogP contribution >= 0.6 is 0 Å². The van der Waals surface area contributed by atoms with E-state index < -0.39 is 11.8 Å². The van der Waals surface area contributed by atoms with Crippen molar-refractivity contribution in [3.63, 3.8) is 0 Å². The lowest BCUT2D eigenvalue weighted by Gasteiger charge is -2.10. The van der Waals surface area contributed by atoms with Gasteiger partial charge in [0.15, 0.2) is 0 Å². The summed E-state index contributed by atoms with van der Waals surface area (Å²) in [5, 5.41) is 2.67. The standard InChI is InChI=1S/C22H21N3O3/c1-2-15-5-7-16(8-6-15)14-25-13-3-4-19(22(25)28)21(27)24-18-11-9-17(10-12-18)20(23)26/h3-13H,2,14H2,1H3,(H2,23,26)(H,24,27). The summed E-state index contributed by atoms with van der Waals surface area (Å²) in [6.07, 6.45) is 2.62. The largest absolute Gasteiger partial charge is 0.366 e. The third-order valence-corrected chi connectivity index (χ3v) is 4.48. The highest BCUT2D eigenvalue weighted by atomic mass is 16.2. The number of hydrogen-bond acceptors (Lipinski definition) is 3. The van der Waals surface area contributed by atoms with Crippen LogP contribution in [0.2, 0.25) is 0 Å². The fourth-order valence-electron chi connectivity index (χ4n) is 2.83. The number of hydrogen-bond donors (Lipinski definition) is 2. The van der Waals surface area contributed by atoms with Gasteiger partial charge in [0.1, 0.15) is 5.56 Å². The Kier molecular flexibility index (Phi) is 5.69. The summed E-state index contributed by atoms with van der Waals surface area (Å²) in [4.78, 5) is 36.4. The van der Waals surface area contributed by atoms with Gasteiger partial charge in [-0.25, -0.2) is 0 Å². The van der Waals surface area contributed by atoms with Crippen LogP contribution in [-0.2, 0) is 13.0 Å². The predicted octanol–water partition coefficient (Wildman–Crippen LogP) is 2.81. The topological polar surface area (TPSA) is 94.2 Å². The molecule has 0 aliphatic heterocycles. The highest BCUT2D eigenvalue weighted by Gasteiger charge is 2.13. The van der Waals surface area contributed by atoms with Crippen LogP contribution in [0.3, 0.4) is 0 Å². The van der Waals surface area contributed by atoms with Gasteiger partial charge >= 0.3 is 0 Å². The third-order valence-electron chi connectivity index (χ3n) is 4.48. The number of carbonyl (C=O) groups is 2. The summed E-state index contributed by atoms with van der Waals surface area (Å²) in [5.74, 6) is -1.05. The van der Waals surface area contributed by atoms with Crippen LogP contribution in [0.25, 0.3) is 0 Å². The fraction of sp³-hybridized carbons (Fsp3) is 0.136. The van der Waals surface area contributed by atoms with Crippen molar-refractivity contribution >= 4 is 17.5 Å². The molecule has 142 valence electrons. The molecule has 3 rings (SSSR count). The van der Waals surface area contributed by atoms with Crippen LogP contribution in [0.1, 0.15) is 38.8 Å². The Morgan fingerprint density at radius 2 is 1.61 bits per heavy atom. The van der Waals surface area contributed by atoms with Crippen molar-refractivity contribution in [1.29, 1.82) is 0 Å². The van der Waals surface area contributed by atoms with E-state index in [0.717, 1.165) is 12.0 Å². The van der Waals surface area contributed by atoms with Crippen molar-refractivity contribution in [2.24, 2.45) is 5.73 Å². The number of benzene rings is 2. The van der Waals surface area contributed by atoms with Gasteiger partial charge in [-0.1, -0.05) is 31.2 Å². The zero-order valence-corrected chi connectivity index (χ0v) is 15.5. The molecule has 0 spiro atoms. The number of aryl methyl sites for hydroxylation is 1. The molecule has 0 unspecified atom stereocenters. The molecule has 0 fully saturated rings. The molecule has 2 amide bonds. The Morgan fingerprint density at radius 3 is 2.21 bits per heavy atom. The molecule has 6 nitrogen and oxygen atoms in total. The van der Waals surface area contributed by atoms with Crippen LogP contribution in [0.5, 0.6) is 0 Å². The first-order valence-electron chi connectivity index (χ1n) is 8.96.